The lowest BCUT2D eigenvalue weighted by atomic mass is 9.89. The minimum absolute atomic E-state index is 0.00708. The molecule has 1 aliphatic rings. The Balaban J connectivity index is 1.66. The van der Waals surface area contributed by atoms with Gasteiger partial charge in [0.15, 0.2) is 5.84 Å². The van der Waals surface area contributed by atoms with Crippen LogP contribution in [-0.2, 0) is 16.0 Å². The molecule has 3 aromatic rings. The Morgan fingerprint density at radius 2 is 1.94 bits per heavy atom. The van der Waals surface area contributed by atoms with Crippen LogP contribution in [0.5, 0.6) is 0 Å². The average Bonchev–Trinajstić information content (AvgIpc) is 3.35. The zero-order valence-electron chi connectivity index (χ0n) is 19.0. The van der Waals surface area contributed by atoms with Crippen LogP contribution >= 0.6 is 0 Å². The van der Waals surface area contributed by atoms with E-state index in [0.717, 1.165) is 22.2 Å². The number of esters is 1. The van der Waals surface area contributed by atoms with E-state index in [1.54, 1.807) is 19.2 Å². The summed E-state index contributed by atoms with van der Waals surface area (Å²) >= 11 is 0. The van der Waals surface area contributed by atoms with Crippen LogP contribution in [0.1, 0.15) is 68.0 Å². The number of ether oxygens (including phenoxy) is 1. The summed E-state index contributed by atoms with van der Waals surface area (Å²) in [5.74, 6) is -0.412. The number of fused-ring (bicyclic) bond motifs is 1. The standard InChI is InChI=1S/C25H28N4O3/c1-6-16-11-18(21(26-13-16)22-28-24(31)25(5,29-22)14(2)3)23(30)32-15(4)20-12-17-9-7-8-10-19(17)27-20/h7-15,27H,6H2,1-5H3,(H,28,29,31). The van der Waals surface area contributed by atoms with Crippen LogP contribution in [-0.4, -0.2) is 33.2 Å². The van der Waals surface area contributed by atoms with Gasteiger partial charge in [0.25, 0.3) is 5.91 Å². The van der Waals surface area contributed by atoms with Crippen LogP contribution in [0.15, 0.2) is 47.6 Å². The molecule has 0 spiro atoms. The lowest BCUT2D eigenvalue weighted by molar-refractivity contribution is -0.124. The second-order valence-electron chi connectivity index (χ2n) is 8.67. The third-order valence-electron chi connectivity index (χ3n) is 6.23. The van der Waals surface area contributed by atoms with Gasteiger partial charge in [-0.3, -0.25) is 9.78 Å². The Morgan fingerprint density at radius 1 is 1.19 bits per heavy atom. The quantitative estimate of drug-likeness (QED) is 0.567. The number of nitrogens with one attached hydrogen (secondary N) is 2. The Morgan fingerprint density at radius 3 is 2.59 bits per heavy atom. The van der Waals surface area contributed by atoms with Crippen molar-refractivity contribution in [1.29, 1.82) is 0 Å². The maximum Gasteiger partial charge on any atom is 0.341 e. The monoisotopic (exact) mass is 432 g/mol. The van der Waals surface area contributed by atoms with Crippen molar-refractivity contribution in [3.8, 4) is 0 Å². The van der Waals surface area contributed by atoms with Crippen molar-refractivity contribution in [3.63, 3.8) is 0 Å². The van der Waals surface area contributed by atoms with Gasteiger partial charge in [-0.25, -0.2) is 9.79 Å². The summed E-state index contributed by atoms with van der Waals surface area (Å²) in [6.07, 6.45) is 1.93. The molecule has 7 nitrogen and oxygen atoms in total. The molecule has 0 saturated heterocycles. The largest absolute Gasteiger partial charge is 0.453 e. The Hall–Kier alpha value is -3.48. The van der Waals surface area contributed by atoms with Gasteiger partial charge in [0.1, 0.15) is 17.3 Å². The maximum absolute atomic E-state index is 13.2. The molecule has 2 atom stereocenters. The number of carbonyl (C=O) groups excluding carboxylic acids is 2. The van der Waals surface area contributed by atoms with Crippen molar-refractivity contribution in [2.45, 2.75) is 52.7 Å². The topological polar surface area (TPSA) is 96.4 Å². The smallest absolute Gasteiger partial charge is 0.341 e. The molecule has 2 unspecified atom stereocenters. The third kappa shape index (κ3) is 3.79. The number of amidine groups is 1. The number of aromatic nitrogens is 2. The summed E-state index contributed by atoms with van der Waals surface area (Å²) in [7, 11) is 0. The number of aryl methyl sites for hydroxylation is 1. The number of hydrogen-bond acceptors (Lipinski definition) is 5. The molecule has 166 valence electrons. The lowest BCUT2D eigenvalue weighted by Crippen LogP contribution is -2.41. The van der Waals surface area contributed by atoms with Crippen molar-refractivity contribution in [1.82, 2.24) is 15.3 Å². The molecule has 32 heavy (non-hydrogen) atoms. The Labute approximate surface area is 187 Å². The Kier molecular flexibility index (Phi) is 5.59. The zero-order valence-corrected chi connectivity index (χ0v) is 19.0. The van der Waals surface area contributed by atoms with Gasteiger partial charge in [-0.1, -0.05) is 39.0 Å². The normalized spacial score (nSPS) is 19.2. The summed E-state index contributed by atoms with van der Waals surface area (Å²) in [5, 5.41) is 3.86. The fourth-order valence-electron chi connectivity index (χ4n) is 3.70. The highest BCUT2D eigenvalue weighted by molar-refractivity contribution is 6.17. The van der Waals surface area contributed by atoms with Crippen molar-refractivity contribution < 1.29 is 14.3 Å². The molecule has 0 aliphatic carbocycles. The van der Waals surface area contributed by atoms with E-state index < -0.39 is 17.6 Å². The van der Waals surface area contributed by atoms with Crippen LogP contribution in [0.25, 0.3) is 10.9 Å². The predicted molar refractivity (Wildman–Crippen MR) is 124 cm³/mol. The first kappa shape index (κ1) is 21.7. The van der Waals surface area contributed by atoms with Crippen LogP contribution in [0.4, 0.5) is 0 Å². The molecule has 0 saturated carbocycles. The van der Waals surface area contributed by atoms with Crippen LogP contribution in [0, 0.1) is 5.92 Å². The SMILES string of the molecule is CCc1cnc(C2=NC(C)(C(C)C)C(=O)N2)c(C(=O)OC(C)c2cc3ccccc3[nH]2)c1. The molecular formula is C25H28N4O3. The number of aliphatic imine (C=N–C) groups is 1. The number of nitrogens with zero attached hydrogens (tertiary/aromatic N) is 2. The number of rotatable bonds is 6. The molecule has 1 amide bonds. The van der Waals surface area contributed by atoms with Gasteiger partial charge in [0.05, 0.1) is 11.3 Å². The van der Waals surface area contributed by atoms with Crippen molar-refractivity contribution in [2.75, 3.05) is 0 Å². The van der Waals surface area contributed by atoms with E-state index in [9.17, 15) is 9.59 Å². The first-order valence-corrected chi connectivity index (χ1v) is 10.9. The van der Waals surface area contributed by atoms with E-state index in [-0.39, 0.29) is 11.8 Å². The molecule has 2 N–H and O–H groups in total. The van der Waals surface area contributed by atoms with Gasteiger partial charge < -0.3 is 15.0 Å². The van der Waals surface area contributed by atoms with Gasteiger partial charge in [-0.2, -0.15) is 0 Å². The average molecular weight is 433 g/mol. The number of carbonyl (C=O) groups is 2. The molecule has 0 radical (unpaired) electrons. The number of pyridine rings is 1. The maximum atomic E-state index is 13.2. The van der Waals surface area contributed by atoms with Crippen LogP contribution < -0.4 is 5.32 Å². The second-order valence-corrected chi connectivity index (χ2v) is 8.67. The zero-order chi connectivity index (χ0) is 23.0. The van der Waals surface area contributed by atoms with E-state index in [4.69, 9.17) is 4.74 Å². The Bertz CT molecular complexity index is 1190. The van der Waals surface area contributed by atoms with Gasteiger partial charge >= 0.3 is 5.97 Å². The summed E-state index contributed by atoms with van der Waals surface area (Å²) in [6, 6.07) is 11.6. The van der Waals surface area contributed by atoms with E-state index in [1.807, 2.05) is 58.0 Å². The molecule has 4 rings (SSSR count). The number of para-hydroxylation sites is 1. The fourth-order valence-corrected chi connectivity index (χ4v) is 3.70. The van der Waals surface area contributed by atoms with Gasteiger partial charge in [0, 0.05) is 11.7 Å². The second kappa shape index (κ2) is 8.22. The van der Waals surface area contributed by atoms with Gasteiger partial charge in [-0.15, -0.1) is 0 Å². The van der Waals surface area contributed by atoms with E-state index in [1.165, 1.54) is 0 Å². The minimum atomic E-state index is -0.904. The van der Waals surface area contributed by atoms with E-state index in [0.29, 0.717) is 23.5 Å². The highest BCUT2D eigenvalue weighted by Gasteiger charge is 2.43. The number of H-pyrrole nitrogens is 1. The summed E-state index contributed by atoms with van der Waals surface area (Å²) in [5.41, 5.74) is 2.40. The molecule has 2 aromatic heterocycles. The molecule has 1 aromatic carbocycles. The van der Waals surface area contributed by atoms with Crippen LogP contribution in [0.3, 0.4) is 0 Å². The van der Waals surface area contributed by atoms with Crippen molar-refractivity contribution in [3.05, 3.63) is 65.1 Å². The molecular weight excluding hydrogens is 404 g/mol. The number of aromatic amines is 1. The predicted octanol–water partition coefficient (Wildman–Crippen LogP) is 4.33. The van der Waals surface area contributed by atoms with Crippen LogP contribution in [0.2, 0.25) is 0 Å². The van der Waals surface area contributed by atoms with Crippen molar-refractivity contribution in [2.24, 2.45) is 10.9 Å². The molecule has 0 bridgehead atoms. The van der Waals surface area contributed by atoms with Gasteiger partial charge in [0.2, 0.25) is 0 Å². The summed E-state index contributed by atoms with van der Waals surface area (Å²) in [6.45, 7) is 9.48. The number of hydrogen-bond donors (Lipinski definition) is 2. The van der Waals surface area contributed by atoms with E-state index in [2.05, 4.69) is 20.3 Å². The number of benzene rings is 1. The van der Waals surface area contributed by atoms with E-state index >= 15 is 0 Å². The minimum Gasteiger partial charge on any atom is -0.453 e. The first-order valence-electron chi connectivity index (χ1n) is 10.9. The highest BCUT2D eigenvalue weighted by Crippen LogP contribution is 2.28. The number of amides is 1. The molecule has 3 heterocycles. The van der Waals surface area contributed by atoms with Gasteiger partial charge in [-0.05, 0) is 55.3 Å². The lowest BCUT2D eigenvalue weighted by Gasteiger charge is -2.21. The first-order chi connectivity index (χ1) is 15.2. The molecule has 7 heteroatoms. The van der Waals surface area contributed by atoms with Crippen molar-refractivity contribution >= 4 is 28.6 Å². The highest BCUT2D eigenvalue weighted by atomic mass is 16.5. The summed E-state index contributed by atoms with van der Waals surface area (Å²) in [4.78, 5) is 38.2. The fraction of sp³-hybridized carbons (Fsp3) is 0.360. The molecule has 0 fully saturated rings. The third-order valence-corrected chi connectivity index (χ3v) is 6.23. The summed E-state index contributed by atoms with van der Waals surface area (Å²) < 4.78 is 5.80. The molecule has 1 aliphatic heterocycles.